The van der Waals surface area contributed by atoms with Crippen LogP contribution in [0.15, 0.2) is 168 Å². The van der Waals surface area contributed by atoms with E-state index in [1.165, 1.54) is 38.2 Å². The van der Waals surface area contributed by atoms with E-state index in [1.807, 2.05) is 24.3 Å². The molecule has 4 nitrogen and oxygen atoms in total. The maximum absolute atomic E-state index is 6.43. The van der Waals surface area contributed by atoms with Crippen LogP contribution in [0.2, 0.25) is 13.1 Å². The Morgan fingerprint density at radius 1 is 0.385 bits per heavy atom. The molecule has 0 unspecified atom stereocenters. The third kappa shape index (κ3) is 4.93. The third-order valence-corrected chi connectivity index (χ3v) is 14.1. The van der Waals surface area contributed by atoms with Gasteiger partial charge in [0, 0.05) is 27.5 Å². The Balaban J connectivity index is 1.12. The fraction of sp³-hybridized carbons (Fsp3) is 0.0426. The monoisotopic (exact) mass is 683 g/mol. The van der Waals surface area contributed by atoms with Gasteiger partial charge in [-0.3, -0.25) is 0 Å². The Labute approximate surface area is 303 Å². The lowest BCUT2D eigenvalue weighted by molar-refractivity contribution is 0.669. The molecular weight excluding hydrogens is 651 g/mol. The van der Waals surface area contributed by atoms with Crippen LogP contribution in [0.4, 0.5) is 0 Å². The second kappa shape index (κ2) is 11.8. The van der Waals surface area contributed by atoms with Crippen LogP contribution in [0.3, 0.4) is 0 Å². The molecule has 0 bridgehead atoms. The molecule has 7 aromatic carbocycles. The molecule has 0 N–H and O–H groups in total. The van der Waals surface area contributed by atoms with E-state index in [4.69, 9.17) is 19.4 Å². The van der Waals surface area contributed by atoms with Crippen LogP contribution in [-0.2, 0) is 0 Å². The van der Waals surface area contributed by atoms with Crippen molar-refractivity contribution in [2.24, 2.45) is 0 Å². The van der Waals surface area contributed by atoms with Gasteiger partial charge in [0.15, 0.2) is 17.5 Å². The molecular formula is C47H33N3OSi. The van der Waals surface area contributed by atoms with Crippen molar-refractivity contribution in [1.29, 1.82) is 0 Å². The highest BCUT2D eigenvalue weighted by Crippen LogP contribution is 2.37. The summed E-state index contributed by atoms with van der Waals surface area (Å²) in [5.74, 6) is 1.96. The molecule has 0 radical (unpaired) electrons. The fourth-order valence-corrected chi connectivity index (χ4v) is 11.4. The van der Waals surface area contributed by atoms with Gasteiger partial charge in [0.05, 0.1) is 0 Å². The van der Waals surface area contributed by atoms with E-state index in [1.54, 1.807) is 0 Å². The number of furan rings is 1. The molecule has 0 fully saturated rings. The highest BCUT2D eigenvalue weighted by Gasteiger charge is 2.40. The van der Waals surface area contributed by atoms with E-state index in [-0.39, 0.29) is 0 Å². The largest absolute Gasteiger partial charge is 0.456 e. The van der Waals surface area contributed by atoms with Gasteiger partial charge < -0.3 is 4.42 Å². The van der Waals surface area contributed by atoms with Crippen molar-refractivity contribution < 1.29 is 4.42 Å². The number of rotatable bonds is 5. The van der Waals surface area contributed by atoms with E-state index in [0.717, 1.165) is 44.2 Å². The molecule has 0 spiro atoms. The number of fused-ring (bicyclic) bond motifs is 6. The molecule has 1 aliphatic heterocycles. The molecule has 0 aliphatic carbocycles. The van der Waals surface area contributed by atoms with Crippen LogP contribution in [0, 0.1) is 0 Å². The van der Waals surface area contributed by atoms with Gasteiger partial charge in [0.2, 0.25) is 0 Å². The smallest absolute Gasteiger partial charge is 0.164 e. The quantitative estimate of drug-likeness (QED) is 0.169. The van der Waals surface area contributed by atoms with Crippen molar-refractivity contribution in [1.82, 2.24) is 15.0 Å². The summed E-state index contributed by atoms with van der Waals surface area (Å²) in [7, 11) is -2.17. The molecule has 9 aromatic rings. The summed E-state index contributed by atoms with van der Waals surface area (Å²) in [5, 5.41) is 4.97. The topological polar surface area (TPSA) is 51.8 Å². The first kappa shape index (κ1) is 30.4. The van der Waals surface area contributed by atoms with Gasteiger partial charge in [-0.1, -0.05) is 153 Å². The predicted molar refractivity (Wildman–Crippen MR) is 216 cm³/mol. The fourth-order valence-electron chi connectivity index (χ4n) is 7.95. The van der Waals surface area contributed by atoms with Crippen molar-refractivity contribution in [3.8, 4) is 67.5 Å². The minimum atomic E-state index is -2.17. The maximum atomic E-state index is 6.43. The van der Waals surface area contributed by atoms with Crippen molar-refractivity contribution in [2.45, 2.75) is 13.1 Å². The van der Waals surface area contributed by atoms with Gasteiger partial charge in [-0.2, -0.15) is 0 Å². The van der Waals surface area contributed by atoms with E-state index >= 15 is 0 Å². The van der Waals surface area contributed by atoms with Crippen LogP contribution in [-0.4, -0.2) is 23.0 Å². The first-order chi connectivity index (χ1) is 25.5. The highest BCUT2D eigenvalue weighted by atomic mass is 28.3. The lowest BCUT2D eigenvalue weighted by Crippen LogP contribution is -2.50. The second-order valence-electron chi connectivity index (χ2n) is 14.0. The number of hydrogen-bond acceptors (Lipinski definition) is 4. The van der Waals surface area contributed by atoms with Crippen molar-refractivity contribution in [3.05, 3.63) is 164 Å². The molecule has 5 heteroatoms. The Hall–Kier alpha value is -6.43. The lowest BCUT2D eigenvalue weighted by atomic mass is 9.99. The number of hydrogen-bond donors (Lipinski definition) is 0. The van der Waals surface area contributed by atoms with Gasteiger partial charge in [-0.25, -0.2) is 15.0 Å². The zero-order valence-electron chi connectivity index (χ0n) is 28.8. The van der Waals surface area contributed by atoms with E-state index in [9.17, 15) is 0 Å². The van der Waals surface area contributed by atoms with Gasteiger partial charge >= 0.3 is 0 Å². The van der Waals surface area contributed by atoms with Gasteiger partial charge in [0.25, 0.3) is 0 Å². The summed E-state index contributed by atoms with van der Waals surface area (Å²) < 4.78 is 6.43. The number of aromatic nitrogens is 3. The van der Waals surface area contributed by atoms with Crippen LogP contribution in [0.5, 0.6) is 0 Å². The Morgan fingerprint density at radius 3 is 1.67 bits per heavy atom. The molecule has 0 amide bonds. The van der Waals surface area contributed by atoms with Gasteiger partial charge in [0.1, 0.15) is 19.2 Å². The molecule has 0 saturated carbocycles. The van der Waals surface area contributed by atoms with Crippen molar-refractivity contribution in [3.63, 3.8) is 0 Å². The SMILES string of the molecule is C[Si]1(C)c2cc(-c3ccccc3)ccc2-c2cccc(-c3nc(-c4ccccc4)nc(-c4ccc5c(c4)oc4ccc(-c6ccccc6)cc45)n3)c21. The number of nitrogens with zero attached hydrogens (tertiary/aromatic N) is 3. The molecule has 1 aliphatic rings. The highest BCUT2D eigenvalue weighted by molar-refractivity contribution is 7.04. The Morgan fingerprint density at radius 2 is 0.962 bits per heavy atom. The standard InChI is InChI=1S/C47H33N3OSi/c1-52(2)43-29-34(31-15-8-4-9-16-31)21-25-37(43)38-19-12-20-39(44(38)52)47-49-45(32-17-10-5-11-18-32)48-46(50-47)35-22-24-36-40-27-33(30-13-6-3-7-14-30)23-26-41(40)51-42(36)28-35/h3-29H,1-2H3. The Kier molecular flexibility index (Phi) is 6.91. The summed E-state index contributed by atoms with van der Waals surface area (Å²) in [4.78, 5) is 15.5. The van der Waals surface area contributed by atoms with Crippen molar-refractivity contribution >= 4 is 40.4 Å². The van der Waals surface area contributed by atoms with Crippen LogP contribution >= 0.6 is 0 Å². The zero-order chi connectivity index (χ0) is 34.8. The second-order valence-corrected chi connectivity index (χ2v) is 18.3. The minimum Gasteiger partial charge on any atom is -0.456 e. The van der Waals surface area contributed by atoms with Crippen LogP contribution in [0.1, 0.15) is 0 Å². The molecule has 0 saturated heterocycles. The molecule has 0 atom stereocenters. The minimum absolute atomic E-state index is 0.620. The van der Waals surface area contributed by atoms with Crippen molar-refractivity contribution in [2.75, 3.05) is 0 Å². The van der Waals surface area contributed by atoms with Gasteiger partial charge in [-0.05, 0) is 68.0 Å². The average molecular weight is 684 g/mol. The molecule has 246 valence electrons. The van der Waals surface area contributed by atoms with Gasteiger partial charge in [-0.15, -0.1) is 0 Å². The average Bonchev–Trinajstić information content (AvgIpc) is 3.69. The Bertz CT molecular complexity index is 2810. The summed E-state index contributed by atoms with van der Waals surface area (Å²) in [6.45, 7) is 4.91. The molecule has 2 aromatic heterocycles. The first-order valence-electron chi connectivity index (χ1n) is 17.7. The maximum Gasteiger partial charge on any atom is 0.164 e. The molecule has 3 heterocycles. The van der Waals surface area contributed by atoms with E-state index < -0.39 is 8.07 Å². The van der Waals surface area contributed by atoms with Crippen LogP contribution < -0.4 is 10.4 Å². The summed E-state index contributed by atoms with van der Waals surface area (Å²) in [5.41, 5.74) is 12.0. The first-order valence-corrected chi connectivity index (χ1v) is 20.7. The normalized spacial score (nSPS) is 13.0. The summed E-state index contributed by atoms with van der Waals surface area (Å²) in [6, 6.07) is 57.6. The summed E-state index contributed by atoms with van der Waals surface area (Å²) >= 11 is 0. The lowest BCUT2D eigenvalue weighted by Gasteiger charge is -2.22. The van der Waals surface area contributed by atoms with Crippen LogP contribution in [0.25, 0.3) is 89.5 Å². The predicted octanol–water partition coefficient (Wildman–Crippen LogP) is 10.9. The van der Waals surface area contributed by atoms with E-state index in [2.05, 4.69) is 153 Å². The van der Waals surface area contributed by atoms with E-state index in [0.29, 0.717) is 17.5 Å². The molecule has 52 heavy (non-hydrogen) atoms. The molecule has 10 rings (SSSR count). The summed E-state index contributed by atoms with van der Waals surface area (Å²) in [6.07, 6.45) is 0. The zero-order valence-corrected chi connectivity index (χ0v) is 29.8. The number of benzene rings is 7. The third-order valence-electron chi connectivity index (χ3n) is 10.5.